The molecule has 1 rings (SSSR count). The van der Waals surface area contributed by atoms with Crippen molar-refractivity contribution in [2.45, 2.75) is 24.3 Å². The monoisotopic (exact) mass is 271 g/mol. The molecular formula is C13H18FNO2S. The Morgan fingerprint density at radius 3 is 2.89 bits per heavy atom. The lowest BCUT2D eigenvalue weighted by atomic mass is 10.1. The van der Waals surface area contributed by atoms with Crippen molar-refractivity contribution in [2.75, 3.05) is 19.9 Å². The summed E-state index contributed by atoms with van der Waals surface area (Å²) >= 11 is 1.35. The highest BCUT2D eigenvalue weighted by Gasteiger charge is 2.14. The van der Waals surface area contributed by atoms with Crippen LogP contribution < -0.4 is 5.32 Å². The Balaban J connectivity index is 2.77. The summed E-state index contributed by atoms with van der Waals surface area (Å²) in [6.45, 7) is 1.97. The second-order valence-corrected chi connectivity index (χ2v) is 4.95. The van der Waals surface area contributed by atoms with Gasteiger partial charge >= 0.3 is 5.97 Å². The van der Waals surface area contributed by atoms with Gasteiger partial charge in [0.15, 0.2) is 0 Å². The van der Waals surface area contributed by atoms with Gasteiger partial charge in [0, 0.05) is 16.7 Å². The standard InChI is InChI=1S/C13H18FNO2S/c1-9(15-2)10-5-4-6-11(14)13(10)18-8-7-12(16)17-3/h4-6,9,15H,7-8H2,1-3H3. The number of carbonyl (C=O) groups is 1. The molecule has 0 saturated carbocycles. The maximum atomic E-state index is 13.8. The van der Waals surface area contributed by atoms with Crippen LogP contribution in [-0.4, -0.2) is 25.9 Å². The molecule has 3 nitrogen and oxygen atoms in total. The van der Waals surface area contributed by atoms with Gasteiger partial charge in [-0.2, -0.15) is 0 Å². The van der Waals surface area contributed by atoms with E-state index in [-0.39, 0.29) is 24.2 Å². The molecule has 0 aromatic heterocycles. The van der Waals surface area contributed by atoms with E-state index in [1.807, 2.05) is 20.0 Å². The van der Waals surface area contributed by atoms with Crippen molar-refractivity contribution < 1.29 is 13.9 Å². The van der Waals surface area contributed by atoms with Gasteiger partial charge in [-0.15, -0.1) is 11.8 Å². The molecule has 100 valence electrons. The first kappa shape index (κ1) is 15.0. The van der Waals surface area contributed by atoms with Crippen LogP contribution in [0.15, 0.2) is 23.1 Å². The maximum Gasteiger partial charge on any atom is 0.306 e. The first-order valence-electron chi connectivity index (χ1n) is 5.75. The van der Waals surface area contributed by atoms with Gasteiger partial charge in [0.1, 0.15) is 5.82 Å². The van der Waals surface area contributed by atoms with E-state index in [2.05, 4.69) is 10.1 Å². The van der Waals surface area contributed by atoms with Gasteiger partial charge in [-0.05, 0) is 25.6 Å². The van der Waals surface area contributed by atoms with E-state index >= 15 is 0 Å². The molecule has 0 bridgehead atoms. The van der Waals surface area contributed by atoms with Gasteiger partial charge in [-0.3, -0.25) is 4.79 Å². The van der Waals surface area contributed by atoms with Gasteiger partial charge < -0.3 is 10.1 Å². The molecule has 1 aromatic carbocycles. The van der Waals surface area contributed by atoms with Crippen LogP contribution in [0.3, 0.4) is 0 Å². The van der Waals surface area contributed by atoms with E-state index < -0.39 is 0 Å². The summed E-state index contributed by atoms with van der Waals surface area (Å²) < 4.78 is 18.3. The average molecular weight is 271 g/mol. The Morgan fingerprint density at radius 1 is 1.56 bits per heavy atom. The van der Waals surface area contributed by atoms with Gasteiger partial charge in [-0.25, -0.2) is 4.39 Å². The second kappa shape index (κ2) is 7.38. The Labute approximate surface area is 111 Å². The lowest BCUT2D eigenvalue weighted by Crippen LogP contribution is -2.14. The van der Waals surface area contributed by atoms with Gasteiger partial charge in [0.25, 0.3) is 0 Å². The zero-order valence-electron chi connectivity index (χ0n) is 10.8. The normalized spacial score (nSPS) is 12.2. The van der Waals surface area contributed by atoms with Crippen molar-refractivity contribution in [2.24, 2.45) is 0 Å². The predicted molar refractivity (Wildman–Crippen MR) is 71.2 cm³/mol. The molecule has 18 heavy (non-hydrogen) atoms. The lowest BCUT2D eigenvalue weighted by molar-refractivity contribution is -0.140. The van der Waals surface area contributed by atoms with Crippen LogP contribution in [0.2, 0.25) is 0 Å². The van der Waals surface area contributed by atoms with Gasteiger partial charge in [-0.1, -0.05) is 12.1 Å². The molecule has 1 unspecified atom stereocenters. The van der Waals surface area contributed by atoms with Crippen LogP contribution >= 0.6 is 11.8 Å². The van der Waals surface area contributed by atoms with Crippen molar-refractivity contribution in [3.8, 4) is 0 Å². The number of carbonyl (C=O) groups excluding carboxylic acids is 1. The van der Waals surface area contributed by atoms with Gasteiger partial charge in [0.05, 0.1) is 13.5 Å². The molecule has 0 aliphatic rings. The molecule has 0 spiro atoms. The zero-order valence-corrected chi connectivity index (χ0v) is 11.6. The molecule has 1 aromatic rings. The molecule has 0 aliphatic carbocycles. The van der Waals surface area contributed by atoms with Crippen LogP contribution in [0.5, 0.6) is 0 Å². The Bertz CT molecular complexity index is 412. The number of hydrogen-bond donors (Lipinski definition) is 1. The number of thioether (sulfide) groups is 1. The smallest absolute Gasteiger partial charge is 0.306 e. The molecular weight excluding hydrogens is 253 g/mol. The number of ether oxygens (including phenoxy) is 1. The van der Waals surface area contributed by atoms with E-state index in [0.717, 1.165) is 5.56 Å². The minimum Gasteiger partial charge on any atom is -0.469 e. The largest absolute Gasteiger partial charge is 0.469 e. The van der Waals surface area contributed by atoms with Gasteiger partial charge in [0.2, 0.25) is 0 Å². The number of nitrogens with one attached hydrogen (secondary N) is 1. The van der Waals surface area contributed by atoms with Crippen LogP contribution in [0, 0.1) is 5.82 Å². The summed E-state index contributed by atoms with van der Waals surface area (Å²) in [7, 11) is 3.18. The molecule has 0 aliphatic heterocycles. The summed E-state index contributed by atoms with van der Waals surface area (Å²) in [6, 6.07) is 5.10. The van der Waals surface area contributed by atoms with Crippen LogP contribution in [0.25, 0.3) is 0 Å². The molecule has 5 heteroatoms. The highest BCUT2D eigenvalue weighted by Crippen LogP contribution is 2.30. The predicted octanol–water partition coefficient (Wildman–Crippen LogP) is 2.76. The van der Waals surface area contributed by atoms with E-state index in [0.29, 0.717) is 10.6 Å². The third-order valence-corrected chi connectivity index (χ3v) is 3.80. The van der Waals surface area contributed by atoms with E-state index in [9.17, 15) is 9.18 Å². The third kappa shape index (κ3) is 3.99. The summed E-state index contributed by atoms with van der Waals surface area (Å²) in [6.07, 6.45) is 0.281. The summed E-state index contributed by atoms with van der Waals surface area (Å²) in [5, 5.41) is 3.09. The van der Waals surface area contributed by atoms with Crippen molar-refractivity contribution >= 4 is 17.7 Å². The molecule has 0 radical (unpaired) electrons. The Hall–Kier alpha value is -1.07. The SMILES string of the molecule is CNC(C)c1cccc(F)c1SCCC(=O)OC. The van der Waals surface area contributed by atoms with E-state index in [1.165, 1.54) is 24.9 Å². The highest BCUT2D eigenvalue weighted by atomic mass is 32.2. The molecule has 0 heterocycles. The minimum atomic E-state index is -0.276. The lowest BCUT2D eigenvalue weighted by Gasteiger charge is -2.15. The fraction of sp³-hybridized carbons (Fsp3) is 0.462. The summed E-state index contributed by atoms with van der Waals surface area (Å²) in [5.41, 5.74) is 0.910. The topological polar surface area (TPSA) is 38.3 Å². The van der Waals surface area contributed by atoms with Crippen molar-refractivity contribution in [3.63, 3.8) is 0 Å². The zero-order chi connectivity index (χ0) is 13.5. The second-order valence-electron chi connectivity index (χ2n) is 3.84. The van der Waals surface area contributed by atoms with E-state index in [1.54, 1.807) is 6.07 Å². The molecule has 0 fully saturated rings. The van der Waals surface area contributed by atoms with Crippen LogP contribution in [0.4, 0.5) is 4.39 Å². The first-order chi connectivity index (χ1) is 8.60. The number of esters is 1. The van der Waals surface area contributed by atoms with Crippen LogP contribution in [0.1, 0.15) is 24.9 Å². The number of benzene rings is 1. The summed E-state index contributed by atoms with van der Waals surface area (Å²) in [5.74, 6) is -0.0108. The van der Waals surface area contributed by atoms with E-state index in [4.69, 9.17) is 0 Å². The van der Waals surface area contributed by atoms with Crippen molar-refractivity contribution in [3.05, 3.63) is 29.6 Å². The molecule has 1 atom stereocenters. The summed E-state index contributed by atoms with van der Waals surface area (Å²) in [4.78, 5) is 11.6. The van der Waals surface area contributed by atoms with Crippen molar-refractivity contribution in [1.82, 2.24) is 5.32 Å². The Morgan fingerprint density at radius 2 is 2.28 bits per heavy atom. The van der Waals surface area contributed by atoms with Crippen molar-refractivity contribution in [1.29, 1.82) is 0 Å². The Kier molecular flexibility index (Phi) is 6.15. The minimum absolute atomic E-state index is 0.0707. The number of methoxy groups -OCH3 is 1. The third-order valence-electron chi connectivity index (χ3n) is 2.68. The fourth-order valence-electron chi connectivity index (χ4n) is 1.51. The number of rotatable bonds is 6. The fourth-order valence-corrected chi connectivity index (χ4v) is 2.60. The molecule has 0 amide bonds. The maximum absolute atomic E-state index is 13.8. The molecule has 1 N–H and O–H groups in total. The van der Waals surface area contributed by atoms with Crippen LogP contribution in [-0.2, 0) is 9.53 Å². The first-order valence-corrected chi connectivity index (χ1v) is 6.74. The average Bonchev–Trinajstić information content (AvgIpc) is 2.39. The number of halogens is 1. The molecule has 0 saturated heterocycles. The number of hydrogen-bond acceptors (Lipinski definition) is 4. The quantitative estimate of drug-likeness (QED) is 0.638. The highest BCUT2D eigenvalue weighted by molar-refractivity contribution is 7.99.